The summed E-state index contributed by atoms with van der Waals surface area (Å²) in [5.41, 5.74) is 1.06. The number of aliphatic hydroxyl groups is 3. The number of carbonyl (C=O) groups is 2. The van der Waals surface area contributed by atoms with E-state index in [0.717, 1.165) is 18.8 Å². The predicted molar refractivity (Wildman–Crippen MR) is 163 cm³/mol. The lowest BCUT2D eigenvalue weighted by Crippen LogP contribution is -2.55. The molecule has 0 spiro atoms. The lowest BCUT2D eigenvalue weighted by molar-refractivity contribution is -0.140. The van der Waals surface area contributed by atoms with Gasteiger partial charge < -0.3 is 35.0 Å². The van der Waals surface area contributed by atoms with E-state index in [-0.39, 0.29) is 38.0 Å². The molecule has 2 fully saturated rings. The highest BCUT2D eigenvalue weighted by Gasteiger charge is 2.44. The summed E-state index contributed by atoms with van der Waals surface area (Å²) < 4.78 is 12.6. The van der Waals surface area contributed by atoms with E-state index in [1.807, 2.05) is 0 Å². The molecule has 6 unspecified atom stereocenters. The zero-order valence-corrected chi connectivity index (χ0v) is 26.5. The number of nitrogens with one attached hydrogen (secondary N) is 1. The molecule has 6 atom stereocenters. The first-order valence-electron chi connectivity index (χ1n) is 14.9. The van der Waals surface area contributed by atoms with Gasteiger partial charge in [-0.2, -0.15) is 0 Å². The maximum Gasteiger partial charge on any atom is 0.247 e. The Kier molecular flexibility index (Phi) is 11.3. The summed E-state index contributed by atoms with van der Waals surface area (Å²) in [7, 11) is 1.51. The van der Waals surface area contributed by atoms with E-state index in [2.05, 4.69) is 41.8 Å². The number of benzene rings is 1. The molecule has 228 valence electrons. The number of hydrogen-bond donors (Lipinski definition) is 4. The number of ether oxygens (including phenoxy) is 2. The summed E-state index contributed by atoms with van der Waals surface area (Å²) in [5.74, 6) is 2.56. The van der Waals surface area contributed by atoms with Crippen LogP contribution in [0.5, 0.6) is 11.5 Å². The fraction of sp³-hybridized carbons (Fsp3) is 0.677. The number of fused-ring (bicyclic) bond motifs is 2. The van der Waals surface area contributed by atoms with Gasteiger partial charge in [-0.3, -0.25) is 9.59 Å². The van der Waals surface area contributed by atoms with E-state index in [0.29, 0.717) is 56.9 Å². The van der Waals surface area contributed by atoms with Crippen LogP contribution in [0, 0.1) is 27.2 Å². The molecule has 0 saturated heterocycles. The summed E-state index contributed by atoms with van der Waals surface area (Å²) in [6.07, 6.45) is 5.83. The van der Waals surface area contributed by atoms with Gasteiger partial charge in [0.25, 0.3) is 0 Å². The van der Waals surface area contributed by atoms with Crippen LogP contribution in [0.25, 0.3) is 0 Å². The van der Waals surface area contributed by atoms with Crippen LogP contribution in [-0.2, 0) is 16.2 Å². The second-order valence-corrected chi connectivity index (χ2v) is 13.4. The highest BCUT2D eigenvalue weighted by Crippen LogP contribution is 2.50. The third kappa shape index (κ3) is 7.74. The fourth-order valence-electron chi connectivity index (χ4n) is 6.74. The van der Waals surface area contributed by atoms with Gasteiger partial charge in [0.1, 0.15) is 12.2 Å². The zero-order valence-electron chi connectivity index (χ0n) is 24.4. The molecule has 10 heteroatoms. The first-order valence-corrected chi connectivity index (χ1v) is 15.9. The molecule has 0 heterocycles. The van der Waals surface area contributed by atoms with Gasteiger partial charge in [0.15, 0.2) is 11.5 Å². The first-order chi connectivity index (χ1) is 19.6. The van der Waals surface area contributed by atoms with Crippen molar-refractivity contribution in [3.63, 3.8) is 0 Å². The molecular weight excluding hydrogens is 639 g/mol. The number of nitrogens with zero attached hydrogens (tertiary/aromatic N) is 1. The maximum atomic E-state index is 13.9. The first kappa shape index (κ1) is 32.0. The molecule has 1 aromatic carbocycles. The topological polar surface area (TPSA) is 129 Å². The normalized spacial score (nSPS) is 27.1. The van der Waals surface area contributed by atoms with Crippen molar-refractivity contribution in [2.45, 2.75) is 83.6 Å². The Labute approximate surface area is 256 Å². The molecule has 2 saturated carbocycles. The molecule has 0 aromatic heterocycles. The van der Waals surface area contributed by atoms with Crippen LogP contribution >= 0.6 is 22.6 Å². The molecule has 1 aromatic rings. The number of aliphatic hydroxyl groups excluding tert-OH is 3. The summed E-state index contributed by atoms with van der Waals surface area (Å²) in [4.78, 5) is 28.9. The highest BCUT2D eigenvalue weighted by molar-refractivity contribution is 14.1. The van der Waals surface area contributed by atoms with Crippen molar-refractivity contribution in [3.8, 4) is 11.5 Å². The monoisotopic (exact) mass is 684 g/mol. The molecule has 9 nitrogen and oxygen atoms in total. The van der Waals surface area contributed by atoms with E-state index in [9.17, 15) is 24.9 Å². The van der Waals surface area contributed by atoms with Crippen LogP contribution in [-0.4, -0.2) is 77.1 Å². The molecule has 2 bridgehead atoms. The molecule has 0 aliphatic heterocycles. The quantitative estimate of drug-likeness (QED) is 0.235. The van der Waals surface area contributed by atoms with Gasteiger partial charge >= 0.3 is 0 Å². The van der Waals surface area contributed by atoms with Crippen LogP contribution in [0.4, 0.5) is 0 Å². The van der Waals surface area contributed by atoms with Crippen LogP contribution in [0.3, 0.4) is 0 Å². The second-order valence-electron chi connectivity index (χ2n) is 12.2. The number of hydrogen-bond acceptors (Lipinski definition) is 7. The van der Waals surface area contributed by atoms with Crippen LogP contribution in [0.2, 0.25) is 0 Å². The predicted octanol–water partition coefficient (Wildman–Crippen LogP) is 3.41. The van der Waals surface area contributed by atoms with Gasteiger partial charge in [-0.05, 0) is 95.7 Å². The fourth-order valence-corrected chi connectivity index (χ4v) is 7.53. The Morgan fingerprint density at radius 1 is 1.20 bits per heavy atom. The van der Waals surface area contributed by atoms with Gasteiger partial charge in [0.2, 0.25) is 11.8 Å². The smallest absolute Gasteiger partial charge is 0.247 e. The van der Waals surface area contributed by atoms with Gasteiger partial charge in [0.05, 0.1) is 29.9 Å². The minimum absolute atomic E-state index is 0.0301. The molecule has 4 rings (SSSR count). The third-order valence-electron chi connectivity index (χ3n) is 8.93. The van der Waals surface area contributed by atoms with Gasteiger partial charge in [0, 0.05) is 31.5 Å². The lowest BCUT2D eigenvalue weighted by Gasteiger charge is -2.41. The van der Waals surface area contributed by atoms with Crippen molar-refractivity contribution in [2.24, 2.45) is 23.7 Å². The Bertz CT molecular complexity index is 1110. The molecule has 3 aliphatic rings. The Balaban J connectivity index is 1.64. The van der Waals surface area contributed by atoms with Crippen molar-refractivity contribution < 1.29 is 34.4 Å². The van der Waals surface area contributed by atoms with E-state index < -0.39 is 18.2 Å². The zero-order chi connectivity index (χ0) is 29.7. The second kappa shape index (κ2) is 14.5. The molecule has 2 amide bonds. The average Bonchev–Trinajstić information content (AvgIpc) is 3.57. The van der Waals surface area contributed by atoms with Crippen molar-refractivity contribution >= 4 is 34.4 Å². The van der Waals surface area contributed by atoms with E-state index >= 15 is 0 Å². The maximum absolute atomic E-state index is 13.9. The largest absolute Gasteiger partial charge is 0.493 e. The Hall–Kier alpha value is -1.89. The molecule has 41 heavy (non-hydrogen) atoms. The lowest BCUT2D eigenvalue weighted by atomic mass is 9.84. The Morgan fingerprint density at radius 2 is 1.98 bits per heavy atom. The van der Waals surface area contributed by atoms with Crippen molar-refractivity contribution in [1.29, 1.82) is 0 Å². The average molecular weight is 685 g/mol. The van der Waals surface area contributed by atoms with Crippen LogP contribution in [0.1, 0.15) is 64.4 Å². The van der Waals surface area contributed by atoms with Gasteiger partial charge in [-0.15, -0.1) is 0 Å². The molecule has 4 N–H and O–H groups in total. The minimum Gasteiger partial charge on any atom is -0.493 e. The number of carbonyl (C=O) groups excluding carboxylic acids is 2. The molecule has 3 aliphatic carbocycles. The van der Waals surface area contributed by atoms with E-state index in [4.69, 9.17) is 9.47 Å². The minimum atomic E-state index is -1.08. The SMILES string of the molecule is COc1cc(CO)cc(I)c1OC1C=C(C(=O)NCCO)CC(N(CCC(C)C)C(=O)CC2CC3CCC2C3)C1O. The number of methoxy groups -OCH3 is 1. The van der Waals surface area contributed by atoms with E-state index in [1.54, 1.807) is 23.1 Å². The van der Waals surface area contributed by atoms with Crippen molar-refractivity contribution in [1.82, 2.24) is 10.2 Å². The van der Waals surface area contributed by atoms with Crippen molar-refractivity contribution in [3.05, 3.63) is 32.9 Å². The van der Waals surface area contributed by atoms with Crippen molar-refractivity contribution in [2.75, 3.05) is 26.8 Å². The summed E-state index contributed by atoms with van der Waals surface area (Å²) in [6.45, 7) is 4.46. The van der Waals surface area contributed by atoms with Crippen LogP contribution < -0.4 is 14.8 Å². The summed E-state index contributed by atoms with van der Waals surface area (Å²) in [6, 6.07) is 2.80. The summed E-state index contributed by atoms with van der Waals surface area (Å²) >= 11 is 2.09. The standard InChI is InChI=1S/C31H45IN2O7/c1-18(2)6-8-34(28(37)16-22-11-19-4-5-21(22)10-19)25-14-23(31(39)33-7-9-35)15-26(29(25)38)41-30-24(32)12-20(17-36)13-27(30)40-3/h12-13,15,18-19,21-22,25-26,29,35-36,38H,4-11,14,16-17H2,1-3H3,(H,33,39). The molecular formula is C31H45IN2O7. The Morgan fingerprint density at radius 3 is 2.59 bits per heavy atom. The van der Waals surface area contributed by atoms with Gasteiger partial charge in [-0.1, -0.05) is 20.3 Å². The number of amides is 2. The third-order valence-corrected chi connectivity index (χ3v) is 9.73. The summed E-state index contributed by atoms with van der Waals surface area (Å²) in [5, 5.41) is 33.4. The number of rotatable bonds is 13. The highest BCUT2D eigenvalue weighted by atomic mass is 127. The molecule has 0 radical (unpaired) electrons. The van der Waals surface area contributed by atoms with E-state index in [1.165, 1.54) is 26.4 Å². The van der Waals surface area contributed by atoms with Gasteiger partial charge in [-0.25, -0.2) is 0 Å². The number of halogens is 1. The van der Waals surface area contributed by atoms with Crippen LogP contribution in [0.15, 0.2) is 23.8 Å².